The van der Waals surface area contributed by atoms with E-state index in [1.807, 2.05) is 18.2 Å². The highest BCUT2D eigenvalue weighted by Gasteiger charge is 2.17. The molecule has 1 aromatic heterocycles. The van der Waals surface area contributed by atoms with Gasteiger partial charge in [-0.2, -0.15) is 4.98 Å². The average Bonchev–Trinajstić information content (AvgIpc) is 3.05. The predicted molar refractivity (Wildman–Crippen MR) is 95.6 cm³/mol. The minimum absolute atomic E-state index is 0.0582. The number of hydrogen-bond acceptors (Lipinski definition) is 4. The van der Waals surface area contributed by atoms with E-state index in [1.54, 1.807) is 18.2 Å². The lowest BCUT2D eigenvalue weighted by atomic mass is 9.96. The summed E-state index contributed by atoms with van der Waals surface area (Å²) in [4.78, 5) is 4.40. The van der Waals surface area contributed by atoms with Crippen LogP contribution in [0.3, 0.4) is 0 Å². The zero-order chi connectivity index (χ0) is 17.8. The molecule has 2 aromatic carbocycles. The maximum absolute atomic E-state index is 13.1. The molecule has 1 atom stereocenters. The molecule has 0 aliphatic rings. The molecule has 1 N–H and O–H groups in total. The van der Waals surface area contributed by atoms with E-state index in [2.05, 4.69) is 29.3 Å². The van der Waals surface area contributed by atoms with Crippen molar-refractivity contribution >= 4 is 11.6 Å². The number of aromatic nitrogens is 2. The molecule has 3 rings (SSSR count). The number of nitrogens with one attached hydrogen (secondary N) is 1. The molecule has 0 amide bonds. The highest BCUT2D eigenvalue weighted by molar-refractivity contribution is 6.33. The van der Waals surface area contributed by atoms with Gasteiger partial charge < -0.3 is 9.84 Å². The number of halogens is 2. The van der Waals surface area contributed by atoms with Crippen molar-refractivity contribution in [2.75, 3.05) is 0 Å². The van der Waals surface area contributed by atoms with Crippen molar-refractivity contribution in [1.29, 1.82) is 0 Å². The Hall–Kier alpha value is -2.24. The third kappa shape index (κ3) is 4.24. The van der Waals surface area contributed by atoms with E-state index in [4.69, 9.17) is 16.1 Å². The van der Waals surface area contributed by atoms with Crippen LogP contribution in [0, 0.1) is 11.7 Å². The molecule has 0 aliphatic carbocycles. The Kier molecular flexibility index (Phi) is 5.46. The minimum Gasteiger partial charge on any atom is -0.334 e. The molecular formula is C19H19ClFN3O. The molecule has 0 spiro atoms. The molecule has 0 aliphatic heterocycles. The first-order valence-electron chi connectivity index (χ1n) is 8.11. The Morgan fingerprint density at radius 1 is 1.12 bits per heavy atom. The highest BCUT2D eigenvalue weighted by Crippen LogP contribution is 2.26. The van der Waals surface area contributed by atoms with Gasteiger partial charge in [-0.05, 0) is 35.7 Å². The van der Waals surface area contributed by atoms with E-state index in [-0.39, 0.29) is 11.9 Å². The molecule has 4 nitrogen and oxygen atoms in total. The maximum Gasteiger partial charge on any atom is 0.259 e. The van der Waals surface area contributed by atoms with Crippen LogP contribution in [0.4, 0.5) is 4.39 Å². The largest absolute Gasteiger partial charge is 0.334 e. The Balaban J connectivity index is 1.72. The van der Waals surface area contributed by atoms with Crippen LogP contribution < -0.4 is 5.32 Å². The zero-order valence-corrected chi connectivity index (χ0v) is 14.8. The van der Waals surface area contributed by atoms with Crippen molar-refractivity contribution in [2.24, 2.45) is 5.92 Å². The SMILES string of the molecule is CC(C)C(NCc1noc(-c2ccccc2Cl)n1)c1ccc(F)cc1. The van der Waals surface area contributed by atoms with Crippen molar-refractivity contribution < 1.29 is 8.91 Å². The first-order chi connectivity index (χ1) is 12.0. The van der Waals surface area contributed by atoms with Gasteiger partial charge in [-0.15, -0.1) is 0 Å². The van der Waals surface area contributed by atoms with E-state index < -0.39 is 0 Å². The van der Waals surface area contributed by atoms with Crippen LogP contribution in [0.2, 0.25) is 5.02 Å². The van der Waals surface area contributed by atoms with E-state index in [0.717, 1.165) is 5.56 Å². The molecule has 3 aromatic rings. The topological polar surface area (TPSA) is 51.0 Å². The lowest BCUT2D eigenvalue weighted by molar-refractivity contribution is 0.388. The smallest absolute Gasteiger partial charge is 0.259 e. The molecule has 1 unspecified atom stereocenters. The van der Waals surface area contributed by atoms with Crippen molar-refractivity contribution in [3.8, 4) is 11.5 Å². The summed E-state index contributed by atoms with van der Waals surface area (Å²) < 4.78 is 18.4. The lowest BCUT2D eigenvalue weighted by Crippen LogP contribution is -2.25. The first-order valence-corrected chi connectivity index (χ1v) is 8.48. The molecule has 0 bridgehead atoms. The third-order valence-electron chi connectivity index (χ3n) is 3.95. The summed E-state index contributed by atoms with van der Waals surface area (Å²) in [6, 6.07) is 13.9. The fourth-order valence-corrected chi connectivity index (χ4v) is 2.90. The van der Waals surface area contributed by atoms with Gasteiger partial charge in [0, 0.05) is 6.04 Å². The lowest BCUT2D eigenvalue weighted by Gasteiger charge is -2.22. The standard InChI is InChI=1S/C19H19ClFN3O/c1-12(2)18(13-7-9-14(21)10-8-13)22-11-17-23-19(25-24-17)15-5-3-4-6-16(15)20/h3-10,12,18,22H,11H2,1-2H3. The van der Waals surface area contributed by atoms with E-state index >= 15 is 0 Å². The van der Waals surface area contributed by atoms with E-state index in [0.29, 0.717) is 34.8 Å². The second-order valence-electron chi connectivity index (χ2n) is 6.15. The van der Waals surface area contributed by atoms with Crippen LogP contribution in [0.1, 0.15) is 31.3 Å². The molecular weight excluding hydrogens is 341 g/mol. The van der Waals surface area contributed by atoms with Crippen LogP contribution in [0.5, 0.6) is 0 Å². The van der Waals surface area contributed by atoms with Gasteiger partial charge >= 0.3 is 0 Å². The summed E-state index contributed by atoms with van der Waals surface area (Å²) in [5, 5.41) is 7.98. The van der Waals surface area contributed by atoms with Gasteiger partial charge in [0.25, 0.3) is 5.89 Å². The Morgan fingerprint density at radius 2 is 1.84 bits per heavy atom. The van der Waals surface area contributed by atoms with Crippen molar-refractivity contribution in [3.63, 3.8) is 0 Å². The van der Waals surface area contributed by atoms with Crippen molar-refractivity contribution in [3.05, 3.63) is 70.8 Å². The third-order valence-corrected chi connectivity index (χ3v) is 4.28. The quantitative estimate of drug-likeness (QED) is 0.671. The monoisotopic (exact) mass is 359 g/mol. The van der Waals surface area contributed by atoms with Crippen LogP contribution in [0.15, 0.2) is 53.1 Å². The number of hydrogen-bond donors (Lipinski definition) is 1. The highest BCUT2D eigenvalue weighted by atomic mass is 35.5. The average molecular weight is 360 g/mol. The molecule has 0 radical (unpaired) electrons. The Labute approximate surface area is 151 Å². The molecule has 0 fully saturated rings. The summed E-state index contributed by atoms with van der Waals surface area (Å²) >= 11 is 6.16. The van der Waals surface area contributed by atoms with E-state index in [9.17, 15) is 4.39 Å². The summed E-state index contributed by atoms with van der Waals surface area (Å²) in [6.07, 6.45) is 0. The first kappa shape index (κ1) is 17.6. The second kappa shape index (κ2) is 7.76. The van der Waals surface area contributed by atoms with Crippen LogP contribution in [0.25, 0.3) is 11.5 Å². The van der Waals surface area contributed by atoms with Crippen molar-refractivity contribution in [2.45, 2.75) is 26.4 Å². The molecule has 6 heteroatoms. The van der Waals surface area contributed by atoms with Gasteiger partial charge in [0.05, 0.1) is 17.1 Å². The Bertz CT molecular complexity index is 833. The summed E-state index contributed by atoms with van der Waals surface area (Å²) in [5.74, 6) is 1.02. The predicted octanol–water partition coefficient (Wildman–Crippen LogP) is 5.02. The van der Waals surface area contributed by atoms with Gasteiger partial charge in [-0.3, -0.25) is 0 Å². The minimum atomic E-state index is -0.242. The molecule has 0 saturated carbocycles. The fraction of sp³-hybridized carbons (Fsp3) is 0.263. The molecule has 0 saturated heterocycles. The van der Waals surface area contributed by atoms with Crippen LogP contribution in [-0.2, 0) is 6.54 Å². The van der Waals surface area contributed by atoms with Gasteiger partial charge in [-0.25, -0.2) is 4.39 Å². The molecule has 25 heavy (non-hydrogen) atoms. The van der Waals surface area contributed by atoms with Crippen LogP contribution >= 0.6 is 11.6 Å². The number of nitrogens with zero attached hydrogens (tertiary/aromatic N) is 2. The van der Waals surface area contributed by atoms with Crippen molar-refractivity contribution in [1.82, 2.24) is 15.5 Å². The summed E-state index contributed by atoms with van der Waals surface area (Å²) in [5.41, 5.74) is 1.73. The fourth-order valence-electron chi connectivity index (χ4n) is 2.68. The molecule has 1 heterocycles. The molecule has 130 valence electrons. The maximum atomic E-state index is 13.1. The van der Waals surface area contributed by atoms with Gasteiger partial charge in [0.15, 0.2) is 5.82 Å². The normalized spacial score (nSPS) is 12.5. The van der Waals surface area contributed by atoms with Crippen LogP contribution in [-0.4, -0.2) is 10.1 Å². The summed E-state index contributed by atoms with van der Waals surface area (Å²) in [6.45, 7) is 4.65. The second-order valence-corrected chi connectivity index (χ2v) is 6.56. The Morgan fingerprint density at radius 3 is 2.52 bits per heavy atom. The number of rotatable bonds is 6. The van der Waals surface area contributed by atoms with Gasteiger partial charge in [0.1, 0.15) is 5.82 Å². The van der Waals surface area contributed by atoms with Gasteiger partial charge in [0.2, 0.25) is 0 Å². The zero-order valence-electron chi connectivity index (χ0n) is 14.0. The number of benzene rings is 2. The summed E-state index contributed by atoms with van der Waals surface area (Å²) in [7, 11) is 0. The van der Waals surface area contributed by atoms with Gasteiger partial charge in [-0.1, -0.05) is 54.9 Å². The van der Waals surface area contributed by atoms with E-state index in [1.165, 1.54) is 12.1 Å².